The molecule has 1 amide bonds. The second-order valence-electron chi connectivity index (χ2n) is 3.55. The molecule has 18 heavy (non-hydrogen) atoms. The fourth-order valence-corrected chi connectivity index (χ4v) is 1.76. The van der Waals surface area contributed by atoms with Gasteiger partial charge in [-0.15, -0.1) is 10.2 Å². The third kappa shape index (κ3) is 3.24. The number of hydrogen-bond donors (Lipinski definition) is 2. The molecule has 2 N–H and O–H groups in total. The van der Waals surface area contributed by atoms with Crippen LogP contribution in [0.4, 0.5) is 10.8 Å². The van der Waals surface area contributed by atoms with Gasteiger partial charge in [0.15, 0.2) is 0 Å². The number of nitrogens with zero attached hydrogens (tertiary/aromatic N) is 3. The summed E-state index contributed by atoms with van der Waals surface area (Å²) in [6, 6.07) is 3.55. The SMILES string of the molecule is CCCNc1ccnc(C(=O)Nc2nncs2)c1. The zero-order valence-corrected chi connectivity index (χ0v) is 10.7. The van der Waals surface area contributed by atoms with Crippen molar-refractivity contribution in [1.82, 2.24) is 15.2 Å². The first kappa shape index (κ1) is 12.4. The molecule has 0 saturated heterocycles. The average Bonchev–Trinajstić information content (AvgIpc) is 2.89. The van der Waals surface area contributed by atoms with Gasteiger partial charge < -0.3 is 5.32 Å². The highest BCUT2D eigenvalue weighted by Gasteiger charge is 2.09. The molecule has 2 aromatic rings. The quantitative estimate of drug-likeness (QED) is 0.862. The first-order valence-electron chi connectivity index (χ1n) is 5.57. The van der Waals surface area contributed by atoms with Gasteiger partial charge in [-0.05, 0) is 18.6 Å². The molecule has 0 radical (unpaired) electrons. The Morgan fingerprint density at radius 2 is 2.39 bits per heavy atom. The van der Waals surface area contributed by atoms with Gasteiger partial charge in [0.1, 0.15) is 11.2 Å². The fourth-order valence-electron chi connectivity index (χ4n) is 1.32. The summed E-state index contributed by atoms with van der Waals surface area (Å²) in [4.78, 5) is 15.9. The lowest BCUT2D eigenvalue weighted by Crippen LogP contribution is -2.14. The van der Waals surface area contributed by atoms with Crippen LogP contribution in [0, 0.1) is 0 Å². The van der Waals surface area contributed by atoms with Crippen molar-refractivity contribution in [2.24, 2.45) is 0 Å². The van der Waals surface area contributed by atoms with Crippen molar-refractivity contribution < 1.29 is 4.79 Å². The molecule has 0 saturated carbocycles. The van der Waals surface area contributed by atoms with E-state index in [1.807, 2.05) is 6.07 Å². The number of amides is 1. The number of aromatic nitrogens is 3. The van der Waals surface area contributed by atoms with Crippen molar-refractivity contribution in [3.05, 3.63) is 29.5 Å². The van der Waals surface area contributed by atoms with E-state index in [0.29, 0.717) is 10.8 Å². The summed E-state index contributed by atoms with van der Waals surface area (Å²) in [6.45, 7) is 2.94. The van der Waals surface area contributed by atoms with Crippen LogP contribution in [0.2, 0.25) is 0 Å². The van der Waals surface area contributed by atoms with Crippen LogP contribution in [0.5, 0.6) is 0 Å². The van der Waals surface area contributed by atoms with Gasteiger partial charge >= 0.3 is 0 Å². The number of carbonyl (C=O) groups is 1. The molecular weight excluding hydrogens is 250 g/mol. The van der Waals surface area contributed by atoms with Gasteiger partial charge in [0.2, 0.25) is 5.13 Å². The molecule has 0 bridgehead atoms. The van der Waals surface area contributed by atoms with E-state index in [1.54, 1.807) is 17.8 Å². The minimum Gasteiger partial charge on any atom is -0.385 e. The maximum absolute atomic E-state index is 11.9. The van der Waals surface area contributed by atoms with Gasteiger partial charge in [-0.25, -0.2) is 0 Å². The van der Waals surface area contributed by atoms with E-state index in [-0.39, 0.29) is 5.91 Å². The molecule has 2 aromatic heterocycles. The van der Waals surface area contributed by atoms with Crippen LogP contribution in [-0.4, -0.2) is 27.6 Å². The number of rotatable bonds is 5. The Kier molecular flexibility index (Phi) is 4.19. The zero-order valence-electron chi connectivity index (χ0n) is 9.88. The molecule has 0 aromatic carbocycles. The molecule has 2 heterocycles. The summed E-state index contributed by atoms with van der Waals surface area (Å²) >= 11 is 1.27. The summed E-state index contributed by atoms with van der Waals surface area (Å²) in [5, 5.41) is 13.7. The molecule has 0 fully saturated rings. The molecular formula is C11H13N5OS. The van der Waals surface area contributed by atoms with Crippen molar-refractivity contribution in [1.29, 1.82) is 0 Å². The highest BCUT2D eigenvalue weighted by atomic mass is 32.1. The topological polar surface area (TPSA) is 79.8 Å². The molecule has 6 nitrogen and oxygen atoms in total. The number of hydrogen-bond acceptors (Lipinski definition) is 6. The predicted molar refractivity (Wildman–Crippen MR) is 70.9 cm³/mol. The molecule has 0 atom stereocenters. The van der Waals surface area contributed by atoms with E-state index >= 15 is 0 Å². The predicted octanol–water partition coefficient (Wildman–Crippen LogP) is 2.01. The van der Waals surface area contributed by atoms with Crippen LogP contribution in [0.15, 0.2) is 23.8 Å². The molecule has 0 spiro atoms. The van der Waals surface area contributed by atoms with E-state index in [4.69, 9.17) is 0 Å². The second kappa shape index (κ2) is 6.06. The van der Waals surface area contributed by atoms with Crippen LogP contribution < -0.4 is 10.6 Å². The van der Waals surface area contributed by atoms with E-state index in [2.05, 4.69) is 32.7 Å². The number of nitrogens with one attached hydrogen (secondary N) is 2. The van der Waals surface area contributed by atoms with E-state index < -0.39 is 0 Å². The van der Waals surface area contributed by atoms with Gasteiger partial charge in [-0.3, -0.25) is 15.1 Å². The van der Waals surface area contributed by atoms with Crippen molar-refractivity contribution in [3.8, 4) is 0 Å². The highest BCUT2D eigenvalue weighted by molar-refractivity contribution is 7.13. The summed E-state index contributed by atoms with van der Waals surface area (Å²) in [7, 11) is 0. The lowest BCUT2D eigenvalue weighted by Gasteiger charge is -2.06. The number of pyridine rings is 1. The number of carbonyl (C=O) groups excluding carboxylic acids is 1. The lowest BCUT2D eigenvalue weighted by molar-refractivity contribution is 0.102. The third-order valence-corrected chi connectivity index (χ3v) is 2.76. The van der Waals surface area contributed by atoms with Crippen molar-refractivity contribution in [3.63, 3.8) is 0 Å². The van der Waals surface area contributed by atoms with Crippen LogP contribution in [-0.2, 0) is 0 Å². The molecule has 0 unspecified atom stereocenters. The van der Waals surface area contributed by atoms with E-state index in [9.17, 15) is 4.79 Å². The van der Waals surface area contributed by atoms with Crippen molar-refractivity contribution in [2.45, 2.75) is 13.3 Å². The van der Waals surface area contributed by atoms with Crippen LogP contribution in [0.1, 0.15) is 23.8 Å². The lowest BCUT2D eigenvalue weighted by atomic mass is 10.3. The summed E-state index contributed by atoms with van der Waals surface area (Å²) in [5.74, 6) is -0.285. The first-order valence-corrected chi connectivity index (χ1v) is 6.45. The standard InChI is InChI=1S/C11H13N5OS/c1-2-4-12-8-3-5-13-9(6-8)10(17)15-11-16-14-7-18-11/h3,5-7H,2,4H2,1H3,(H,12,13)(H,15,16,17). The number of anilines is 2. The molecule has 2 rings (SSSR count). The van der Waals surface area contributed by atoms with Gasteiger partial charge in [0.25, 0.3) is 5.91 Å². The van der Waals surface area contributed by atoms with E-state index in [0.717, 1.165) is 18.7 Å². The highest BCUT2D eigenvalue weighted by Crippen LogP contribution is 2.12. The Balaban J connectivity index is 2.05. The van der Waals surface area contributed by atoms with E-state index in [1.165, 1.54) is 11.3 Å². The molecule has 0 aliphatic heterocycles. The minimum atomic E-state index is -0.285. The Bertz CT molecular complexity index is 514. The molecule has 0 aliphatic rings. The van der Waals surface area contributed by atoms with Crippen molar-refractivity contribution in [2.75, 3.05) is 17.2 Å². The summed E-state index contributed by atoms with van der Waals surface area (Å²) in [5.41, 5.74) is 2.79. The van der Waals surface area contributed by atoms with Crippen LogP contribution >= 0.6 is 11.3 Å². The molecule has 0 aliphatic carbocycles. The van der Waals surface area contributed by atoms with Gasteiger partial charge in [-0.2, -0.15) is 0 Å². The Morgan fingerprint density at radius 3 is 3.11 bits per heavy atom. The summed E-state index contributed by atoms with van der Waals surface area (Å²) < 4.78 is 0. The van der Waals surface area contributed by atoms with Crippen molar-refractivity contribution >= 4 is 28.1 Å². The van der Waals surface area contributed by atoms with Crippen LogP contribution in [0.3, 0.4) is 0 Å². The summed E-state index contributed by atoms with van der Waals surface area (Å²) in [6.07, 6.45) is 2.63. The second-order valence-corrected chi connectivity index (χ2v) is 4.39. The largest absolute Gasteiger partial charge is 0.385 e. The molecule has 94 valence electrons. The minimum absolute atomic E-state index is 0.285. The smallest absolute Gasteiger partial charge is 0.276 e. The third-order valence-electron chi connectivity index (χ3n) is 2.15. The maximum atomic E-state index is 11.9. The fraction of sp³-hybridized carbons (Fsp3) is 0.273. The van der Waals surface area contributed by atoms with Gasteiger partial charge in [-0.1, -0.05) is 18.3 Å². The monoisotopic (exact) mass is 263 g/mol. The first-order chi connectivity index (χ1) is 8.79. The van der Waals surface area contributed by atoms with Gasteiger partial charge in [0.05, 0.1) is 0 Å². The van der Waals surface area contributed by atoms with Crippen LogP contribution in [0.25, 0.3) is 0 Å². The Labute approximate surface area is 108 Å². The maximum Gasteiger partial charge on any atom is 0.276 e. The normalized spacial score (nSPS) is 10.1. The van der Waals surface area contributed by atoms with Gasteiger partial charge in [0, 0.05) is 18.4 Å². The average molecular weight is 263 g/mol. The Morgan fingerprint density at radius 1 is 1.50 bits per heavy atom. The molecule has 7 heteroatoms. The zero-order chi connectivity index (χ0) is 12.8. The Hall–Kier alpha value is -2.02.